The van der Waals surface area contributed by atoms with Gasteiger partial charge >= 0.3 is 6.03 Å². The van der Waals surface area contributed by atoms with E-state index in [1.807, 2.05) is 12.1 Å². The predicted octanol–water partition coefficient (Wildman–Crippen LogP) is 3.22. The summed E-state index contributed by atoms with van der Waals surface area (Å²) >= 11 is 5.85. The molecule has 2 aromatic rings. The number of anilines is 1. The number of urea groups is 1. The van der Waals surface area contributed by atoms with E-state index in [9.17, 15) is 19.1 Å². The summed E-state index contributed by atoms with van der Waals surface area (Å²) in [6.45, 7) is 0.0695. The molecule has 0 saturated carbocycles. The molecule has 9 heteroatoms. The zero-order valence-corrected chi connectivity index (χ0v) is 17.6. The third-order valence-electron chi connectivity index (χ3n) is 5.05. The highest BCUT2D eigenvalue weighted by atomic mass is 35.5. The molecule has 0 aliphatic carbocycles. The molecule has 2 aromatic carbocycles. The molecule has 31 heavy (non-hydrogen) atoms. The smallest absolute Gasteiger partial charge is 0.319 e. The van der Waals surface area contributed by atoms with Crippen molar-refractivity contribution in [3.8, 4) is 0 Å². The summed E-state index contributed by atoms with van der Waals surface area (Å²) in [6, 6.07) is 12.0. The summed E-state index contributed by atoms with van der Waals surface area (Å²) in [5.74, 6) is -0.707. The number of para-hydroxylation sites is 1. The van der Waals surface area contributed by atoms with Gasteiger partial charge in [-0.15, -0.1) is 0 Å². The van der Waals surface area contributed by atoms with Crippen LogP contribution < -0.4 is 16.0 Å². The second-order valence-electron chi connectivity index (χ2n) is 7.35. The Bertz CT molecular complexity index is 897. The lowest BCUT2D eigenvalue weighted by Crippen LogP contribution is -2.52. The van der Waals surface area contributed by atoms with Gasteiger partial charge in [-0.25, -0.2) is 9.18 Å². The van der Waals surface area contributed by atoms with Gasteiger partial charge in [-0.05, 0) is 42.7 Å². The van der Waals surface area contributed by atoms with Gasteiger partial charge in [0.2, 0.25) is 5.91 Å². The summed E-state index contributed by atoms with van der Waals surface area (Å²) in [4.78, 5) is 24.4. The minimum Gasteiger partial charge on any atom is -0.394 e. The van der Waals surface area contributed by atoms with Gasteiger partial charge < -0.3 is 25.8 Å². The van der Waals surface area contributed by atoms with Crippen molar-refractivity contribution in [1.82, 2.24) is 10.6 Å². The Morgan fingerprint density at radius 1 is 1.13 bits per heavy atom. The van der Waals surface area contributed by atoms with Gasteiger partial charge in [0.25, 0.3) is 0 Å². The Morgan fingerprint density at radius 3 is 2.58 bits per heavy atom. The van der Waals surface area contributed by atoms with Crippen LogP contribution in [-0.4, -0.2) is 41.9 Å². The fraction of sp³-hybridized carbons (Fsp3) is 0.364. The van der Waals surface area contributed by atoms with E-state index in [-0.39, 0.29) is 30.7 Å². The van der Waals surface area contributed by atoms with Crippen LogP contribution in [0.25, 0.3) is 0 Å². The third-order valence-corrected chi connectivity index (χ3v) is 5.30. The number of rotatable bonds is 7. The summed E-state index contributed by atoms with van der Waals surface area (Å²) in [7, 11) is 0. The van der Waals surface area contributed by atoms with E-state index in [0.29, 0.717) is 24.4 Å². The van der Waals surface area contributed by atoms with Crippen LogP contribution in [0.1, 0.15) is 24.8 Å². The highest BCUT2D eigenvalue weighted by Crippen LogP contribution is 2.22. The molecule has 4 N–H and O–H groups in total. The number of carbonyl (C=O) groups is 2. The van der Waals surface area contributed by atoms with Gasteiger partial charge in [0.05, 0.1) is 30.9 Å². The lowest BCUT2D eigenvalue weighted by Gasteiger charge is -2.35. The van der Waals surface area contributed by atoms with E-state index in [0.717, 1.165) is 5.56 Å². The standard InChI is InChI=1S/C22H25ClFN3O4/c23-15-7-5-14(6-8-15)12-25-21(29)11-16-9-10-19(20(13-28)31-16)27-22(30)26-18-4-2-1-3-17(18)24/h1-8,16,19-20,28H,9-13H2,(H,25,29)(H2,26,27,30)/t16-,19+,20+/m1/s1. The molecule has 3 rings (SSSR count). The zero-order valence-electron chi connectivity index (χ0n) is 16.8. The minimum absolute atomic E-state index is 0.0625. The molecule has 0 unspecified atom stereocenters. The van der Waals surface area contributed by atoms with E-state index >= 15 is 0 Å². The second kappa shape index (κ2) is 11.1. The lowest BCUT2D eigenvalue weighted by molar-refractivity contribution is -0.130. The van der Waals surface area contributed by atoms with Gasteiger partial charge in [0.15, 0.2) is 0 Å². The number of hydrogen-bond donors (Lipinski definition) is 4. The molecule has 166 valence electrons. The fourth-order valence-electron chi connectivity index (χ4n) is 3.42. The maximum Gasteiger partial charge on any atom is 0.319 e. The number of ether oxygens (including phenoxy) is 1. The Balaban J connectivity index is 1.45. The number of nitrogens with one attached hydrogen (secondary N) is 3. The summed E-state index contributed by atoms with van der Waals surface area (Å²) in [5.41, 5.74) is 0.994. The molecular weight excluding hydrogens is 425 g/mol. The number of aliphatic hydroxyl groups excluding tert-OH is 1. The number of aliphatic hydroxyl groups is 1. The normalized spacial score (nSPS) is 20.7. The minimum atomic E-state index is -0.658. The Morgan fingerprint density at radius 2 is 1.87 bits per heavy atom. The first-order valence-corrected chi connectivity index (χ1v) is 10.4. The van der Waals surface area contributed by atoms with Crippen LogP contribution in [0.2, 0.25) is 5.02 Å². The van der Waals surface area contributed by atoms with Gasteiger partial charge in [0.1, 0.15) is 11.9 Å². The maximum absolute atomic E-state index is 13.7. The number of carbonyl (C=O) groups excluding carboxylic acids is 2. The molecule has 0 aromatic heterocycles. The van der Waals surface area contributed by atoms with Crippen molar-refractivity contribution in [3.63, 3.8) is 0 Å². The molecule has 1 saturated heterocycles. The SMILES string of the molecule is O=C(C[C@H]1CC[C@H](NC(=O)Nc2ccccc2F)[C@H](CO)O1)NCc1ccc(Cl)cc1. The van der Waals surface area contributed by atoms with Crippen molar-refractivity contribution < 1.29 is 23.8 Å². The van der Waals surface area contributed by atoms with Crippen LogP contribution in [0.4, 0.5) is 14.9 Å². The first-order valence-electron chi connectivity index (χ1n) is 10.0. The van der Waals surface area contributed by atoms with Crippen LogP contribution in [-0.2, 0) is 16.1 Å². The number of benzene rings is 2. The molecule has 1 aliphatic rings. The van der Waals surface area contributed by atoms with Gasteiger partial charge in [-0.3, -0.25) is 4.79 Å². The maximum atomic E-state index is 13.7. The fourth-order valence-corrected chi connectivity index (χ4v) is 3.54. The molecule has 1 aliphatic heterocycles. The first-order chi connectivity index (χ1) is 14.9. The topological polar surface area (TPSA) is 99.7 Å². The van der Waals surface area contributed by atoms with Crippen LogP contribution in [0.15, 0.2) is 48.5 Å². The van der Waals surface area contributed by atoms with E-state index < -0.39 is 24.0 Å². The van der Waals surface area contributed by atoms with Crippen molar-refractivity contribution in [2.75, 3.05) is 11.9 Å². The first kappa shape index (κ1) is 23.0. The molecule has 1 fully saturated rings. The summed E-state index contributed by atoms with van der Waals surface area (Å²) in [6.07, 6.45) is 0.183. The molecular formula is C22H25ClFN3O4. The molecule has 7 nitrogen and oxygen atoms in total. The second-order valence-corrected chi connectivity index (χ2v) is 7.79. The van der Waals surface area contributed by atoms with Crippen molar-refractivity contribution in [3.05, 3.63) is 64.9 Å². The largest absolute Gasteiger partial charge is 0.394 e. The Hall–Kier alpha value is -2.68. The monoisotopic (exact) mass is 449 g/mol. The molecule has 0 bridgehead atoms. The number of hydrogen-bond acceptors (Lipinski definition) is 4. The summed E-state index contributed by atoms with van der Waals surface area (Å²) in [5, 5.41) is 18.3. The predicted molar refractivity (Wildman–Crippen MR) is 115 cm³/mol. The van der Waals surface area contributed by atoms with E-state index in [1.165, 1.54) is 18.2 Å². The van der Waals surface area contributed by atoms with E-state index in [2.05, 4.69) is 16.0 Å². The van der Waals surface area contributed by atoms with Crippen LogP contribution in [0, 0.1) is 5.82 Å². The van der Waals surface area contributed by atoms with Crippen LogP contribution in [0.3, 0.4) is 0 Å². The Labute approximate surface area is 184 Å². The Kier molecular flexibility index (Phi) is 8.22. The van der Waals surface area contributed by atoms with Crippen molar-refractivity contribution in [1.29, 1.82) is 0 Å². The molecule has 0 radical (unpaired) electrons. The van der Waals surface area contributed by atoms with Gasteiger partial charge in [-0.2, -0.15) is 0 Å². The van der Waals surface area contributed by atoms with Crippen molar-refractivity contribution >= 4 is 29.2 Å². The van der Waals surface area contributed by atoms with Crippen molar-refractivity contribution in [2.45, 2.75) is 44.1 Å². The quantitative estimate of drug-likeness (QED) is 0.521. The molecule has 3 amide bonds. The number of halogens is 2. The van der Waals surface area contributed by atoms with Crippen molar-refractivity contribution in [2.24, 2.45) is 0 Å². The molecule has 3 atom stereocenters. The molecule has 0 spiro atoms. The third kappa shape index (κ3) is 6.92. The zero-order chi connectivity index (χ0) is 22.2. The number of amides is 3. The van der Waals surface area contributed by atoms with E-state index in [4.69, 9.17) is 16.3 Å². The van der Waals surface area contributed by atoms with Gasteiger partial charge in [0, 0.05) is 11.6 Å². The van der Waals surface area contributed by atoms with Gasteiger partial charge in [-0.1, -0.05) is 35.9 Å². The highest BCUT2D eigenvalue weighted by Gasteiger charge is 2.33. The lowest BCUT2D eigenvalue weighted by atomic mass is 9.97. The summed E-state index contributed by atoms with van der Waals surface area (Å²) < 4.78 is 19.5. The highest BCUT2D eigenvalue weighted by molar-refractivity contribution is 6.30. The van der Waals surface area contributed by atoms with Crippen LogP contribution in [0.5, 0.6) is 0 Å². The average Bonchev–Trinajstić information content (AvgIpc) is 2.76. The molecule has 1 heterocycles. The van der Waals surface area contributed by atoms with E-state index in [1.54, 1.807) is 18.2 Å². The van der Waals surface area contributed by atoms with Crippen LogP contribution >= 0.6 is 11.6 Å². The average molecular weight is 450 g/mol.